The van der Waals surface area contributed by atoms with Crippen LogP contribution in [0.1, 0.15) is 6.92 Å². The summed E-state index contributed by atoms with van der Waals surface area (Å²) in [5, 5.41) is 3.85. The van der Waals surface area contributed by atoms with Crippen LogP contribution in [-0.4, -0.2) is 26.1 Å². The van der Waals surface area contributed by atoms with Crippen LogP contribution >= 0.6 is 23.4 Å². The summed E-state index contributed by atoms with van der Waals surface area (Å²) in [5.74, 6) is -0.0974. The van der Waals surface area contributed by atoms with E-state index < -0.39 is 0 Å². The quantitative estimate of drug-likeness (QED) is 0.434. The van der Waals surface area contributed by atoms with Crippen molar-refractivity contribution in [1.29, 1.82) is 0 Å². The molecule has 5 nitrogen and oxygen atoms in total. The molecule has 0 bridgehead atoms. The number of halogens is 1. The Morgan fingerprint density at radius 2 is 1.89 bits per heavy atom. The Kier molecular flexibility index (Phi) is 5.32. The van der Waals surface area contributed by atoms with Crippen LogP contribution in [-0.2, 0) is 4.79 Å². The molecule has 0 saturated heterocycles. The highest BCUT2D eigenvalue weighted by Crippen LogP contribution is 2.29. The number of H-pyrrole nitrogens is 1. The van der Waals surface area contributed by atoms with Gasteiger partial charge in [0.05, 0.1) is 15.8 Å². The number of carbonyl (C=O) groups is 1. The number of para-hydroxylation sites is 1. The molecule has 0 spiro atoms. The van der Waals surface area contributed by atoms with Gasteiger partial charge in [0.1, 0.15) is 0 Å². The average Bonchev–Trinajstić information content (AvgIpc) is 3.10. The van der Waals surface area contributed by atoms with E-state index in [0.717, 1.165) is 22.3 Å². The van der Waals surface area contributed by atoms with E-state index in [1.807, 2.05) is 61.5 Å². The number of rotatable bonds is 5. The van der Waals surface area contributed by atoms with E-state index in [1.54, 1.807) is 12.3 Å². The second kappa shape index (κ2) is 8.04. The molecule has 4 aromatic rings. The van der Waals surface area contributed by atoms with Crippen molar-refractivity contribution in [3.05, 3.63) is 71.9 Å². The molecule has 28 heavy (non-hydrogen) atoms. The van der Waals surface area contributed by atoms with Crippen molar-refractivity contribution >= 4 is 46.1 Å². The van der Waals surface area contributed by atoms with Crippen LogP contribution in [0.3, 0.4) is 0 Å². The first-order chi connectivity index (χ1) is 13.6. The number of aromatic amines is 1. The average molecular weight is 409 g/mol. The van der Waals surface area contributed by atoms with E-state index in [0.29, 0.717) is 15.8 Å². The van der Waals surface area contributed by atoms with Gasteiger partial charge in [-0.3, -0.25) is 4.79 Å². The SMILES string of the molecule is C[C@H](Sc1nc2ncc(Cl)cc2[nH]1)C(=O)Nc1ccccc1-c1ccccc1. The number of anilines is 1. The minimum absolute atomic E-state index is 0.0974. The van der Waals surface area contributed by atoms with Crippen molar-refractivity contribution in [1.82, 2.24) is 15.0 Å². The van der Waals surface area contributed by atoms with Crippen LogP contribution in [0.5, 0.6) is 0 Å². The van der Waals surface area contributed by atoms with Gasteiger partial charge in [0.2, 0.25) is 5.91 Å². The van der Waals surface area contributed by atoms with Gasteiger partial charge in [0, 0.05) is 17.4 Å². The van der Waals surface area contributed by atoms with Gasteiger partial charge >= 0.3 is 0 Å². The highest BCUT2D eigenvalue weighted by atomic mass is 35.5. The number of benzene rings is 2. The smallest absolute Gasteiger partial charge is 0.237 e. The molecule has 4 rings (SSSR count). The Bertz CT molecular complexity index is 1130. The summed E-state index contributed by atoms with van der Waals surface area (Å²) in [4.78, 5) is 24.5. The lowest BCUT2D eigenvalue weighted by Gasteiger charge is -2.14. The molecule has 0 aliphatic carbocycles. The monoisotopic (exact) mass is 408 g/mol. The minimum atomic E-state index is -0.347. The molecule has 0 unspecified atom stereocenters. The first-order valence-electron chi connectivity index (χ1n) is 8.73. The third-order valence-electron chi connectivity index (χ3n) is 4.21. The molecular formula is C21H17ClN4OS. The topological polar surface area (TPSA) is 70.7 Å². The number of imidazole rings is 1. The van der Waals surface area contributed by atoms with Crippen molar-refractivity contribution in [2.45, 2.75) is 17.3 Å². The van der Waals surface area contributed by atoms with Gasteiger partial charge in [-0.15, -0.1) is 0 Å². The molecule has 0 aliphatic heterocycles. The van der Waals surface area contributed by atoms with Crippen LogP contribution in [0.15, 0.2) is 72.0 Å². The zero-order valence-electron chi connectivity index (χ0n) is 15.0. The maximum absolute atomic E-state index is 12.8. The van der Waals surface area contributed by atoms with Crippen LogP contribution in [0.2, 0.25) is 5.02 Å². The van der Waals surface area contributed by atoms with Crippen LogP contribution < -0.4 is 5.32 Å². The first-order valence-corrected chi connectivity index (χ1v) is 9.99. The number of nitrogens with one attached hydrogen (secondary N) is 2. The summed E-state index contributed by atoms with van der Waals surface area (Å²) in [7, 11) is 0. The zero-order chi connectivity index (χ0) is 19.5. The third kappa shape index (κ3) is 4.03. The standard InChI is InChI=1S/C21H17ClN4OS/c1-13(28-21-25-18-11-15(22)12-23-19(18)26-21)20(27)24-17-10-6-5-9-16(17)14-7-3-2-4-8-14/h2-13H,1H3,(H,24,27)(H,23,25,26)/t13-/m0/s1. The summed E-state index contributed by atoms with van der Waals surface area (Å²) >= 11 is 7.30. The fraction of sp³-hybridized carbons (Fsp3) is 0.0952. The van der Waals surface area contributed by atoms with Crippen molar-refractivity contribution in [3.63, 3.8) is 0 Å². The number of amides is 1. The summed E-state index contributed by atoms with van der Waals surface area (Å²) in [6.07, 6.45) is 1.55. The summed E-state index contributed by atoms with van der Waals surface area (Å²) in [5.41, 5.74) is 4.14. The number of thioether (sulfide) groups is 1. The van der Waals surface area contributed by atoms with Crippen LogP contribution in [0, 0.1) is 0 Å². The maximum atomic E-state index is 12.8. The summed E-state index contributed by atoms with van der Waals surface area (Å²) in [6, 6.07) is 19.5. The van der Waals surface area contributed by atoms with Crippen LogP contribution in [0.4, 0.5) is 5.69 Å². The number of pyridine rings is 1. The van der Waals surface area contributed by atoms with E-state index in [9.17, 15) is 4.79 Å². The summed E-state index contributed by atoms with van der Waals surface area (Å²) in [6.45, 7) is 1.85. The van der Waals surface area contributed by atoms with E-state index in [2.05, 4.69) is 20.3 Å². The number of fused-ring (bicyclic) bond motifs is 1. The molecule has 0 radical (unpaired) electrons. The fourth-order valence-corrected chi connectivity index (χ4v) is 3.79. The van der Waals surface area contributed by atoms with Gasteiger partial charge in [-0.2, -0.15) is 0 Å². The fourth-order valence-electron chi connectivity index (χ4n) is 2.83. The molecule has 7 heteroatoms. The Labute approximate surface area is 171 Å². The number of nitrogens with zero attached hydrogens (tertiary/aromatic N) is 2. The van der Waals surface area contributed by atoms with E-state index >= 15 is 0 Å². The lowest BCUT2D eigenvalue weighted by atomic mass is 10.0. The molecule has 1 amide bonds. The minimum Gasteiger partial charge on any atom is -0.331 e. The van der Waals surface area contributed by atoms with E-state index in [-0.39, 0.29) is 11.2 Å². The molecule has 2 aromatic heterocycles. The predicted octanol–water partition coefficient (Wildman–Crippen LogP) is 5.40. The number of carbonyl (C=O) groups excluding carboxylic acids is 1. The van der Waals surface area contributed by atoms with Crippen molar-refractivity contribution in [2.75, 3.05) is 5.32 Å². The molecule has 1 atom stereocenters. The van der Waals surface area contributed by atoms with Gasteiger partial charge in [0.15, 0.2) is 10.8 Å². The molecule has 2 aromatic carbocycles. The van der Waals surface area contributed by atoms with Gasteiger partial charge in [-0.25, -0.2) is 9.97 Å². The van der Waals surface area contributed by atoms with Crippen molar-refractivity contribution in [2.24, 2.45) is 0 Å². The number of hydrogen-bond donors (Lipinski definition) is 2. The maximum Gasteiger partial charge on any atom is 0.237 e. The Hall–Kier alpha value is -2.83. The largest absolute Gasteiger partial charge is 0.331 e. The van der Waals surface area contributed by atoms with E-state index in [4.69, 9.17) is 11.6 Å². The zero-order valence-corrected chi connectivity index (χ0v) is 16.6. The molecule has 0 fully saturated rings. The molecule has 2 N–H and O–H groups in total. The Morgan fingerprint density at radius 1 is 1.14 bits per heavy atom. The van der Waals surface area contributed by atoms with Gasteiger partial charge in [-0.05, 0) is 24.6 Å². The van der Waals surface area contributed by atoms with Gasteiger partial charge in [-0.1, -0.05) is 71.9 Å². The van der Waals surface area contributed by atoms with Crippen molar-refractivity contribution < 1.29 is 4.79 Å². The normalized spacial score (nSPS) is 12.1. The molecule has 0 saturated carbocycles. The van der Waals surface area contributed by atoms with Gasteiger partial charge in [0.25, 0.3) is 0 Å². The number of hydrogen-bond acceptors (Lipinski definition) is 4. The van der Waals surface area contributed by atoms with Gasteiger partial charge < -0.3 is 10.3 Å². The molecule has 140 valence electrons. The predicted molar refractivity (Wildman–Crippen MR) is 115 cm³/mol. The highest BCUT2D eigenvalue weighted by Gasteiger charge is 2.18. The van der Waals surface area contributed by atoms with Crippen LogP contribution in [0.25, 0.3) is 22.3 Å². The Balaban J connectivity index is 1.50. The second-order valence-corrected chi connectivity index (χ2v) is 7.99. The lowest BCUT2D eigenvalue weighted by Crippen LogP contribution is -2.22. The molecular weight excluding hydrogens is 392 g/mol. The van der Waals surface area contributed by atoms with E-state index in [1.165, 1.54) is 11.8 Å². The number of aromatic nitrogens is 3. The highest BCUT2D eigenvalue weighted by molar-refractivity contribution is 8.00. The molecule has 2 heterocycles. The molecule has 0 aliphatic rings. The Morgan fingerprint density at radius 3 is 2.71 bits per heavy atom. The summed E-state index contributed by atoms with van der Waals surface area (Å²) < 4.78 is 0. The first kappa shape index (κ1) is 18.5. The second-order valence-electron chi connectivity index (χ2n) is 6.23. The lowest BCUT2D eigenvalue weighted by molar-refractivity contribution is -0.115. The third-order valence-corrected chi connectivity index (χ3v) is 5.40. The van der Waals surface area contributed by atoms with Crippen molar-refractivity contribution in [3.8, 4) is 11.1 Å².